The number of allylic oxidation sites excluding steroid dienone is 1. The van der Waals surface area contributed by atoms with Gasteiger partial charge in [0, 0.05) is 17.3 Å². The Labute approximate surface area is 232 Å². The maximum atomic E-state index is 11.7. The second-order valence-corrected chi connectivity index (χ2v) is 9.39. The van der Waals surface area contributed by atoms with E-state index in [0.717, 1.165) is 35.4 Å². The Hall–Kier alpha value is -4.11. The first-order valence-corrected chi connectivity index (χ1v) is 13.6. The van der Waals surface area contributed by atoms with Crippen LogP contribution in [0.4, 0.5) is 5.69 Å². The number of carbonyl (C=O) groups excluding carboxylic acids is 1. The number of benzene rings is 2. The minimum atomic E-state index is -0.908. The van der Waals surface area contributed by atoms with Gasteiger partial charge in [-0.05, 0) is 75.4 Å². The lowest BCUT2D eigenvalue weighted by Crippen LogP contribution is -2.14. The number of amides is 1. The summed E-state index contributed by atoms with van der Waals surface area (Å²) in [6.07, 6.45) is 16.2. The summed E-state index contributed by atoms with van der Waals surface area (Å²) in [4.78, 5) is 27.4. The molecule has 3 aromatic rings. The molecule has 6 nitrogen and oxygen atoms in total. The summed E-state index contributed by atoms with van der Waals surface area (Å²) in [5.74, 6) is 2.19. The summed E-state index contributed by atoms with van der Waals surface area (Å²) in [7, 11) is 0. The van der Waals surface area contributed by atoms with Crippen molar-refractivity contribution in [2.45, 2.75) is 78.7 Å². The number of hydrogen-bond acceptors (Lipinski definition) is 3. The van der Waals surface area contributed by atoms with Crippen molar-refractivity contribution >= 4 is 34.7 Å². The average Bonchev–Trinajstić information content (AvgIpc) is 3.57. The van der Waals surface area contributed by atoms with E-state index in [1.807, 2.05) is 56.3 Å². The first-order chi connectivity index (χ1) is 18.8. The molecule has 1 aliphatic rings. The Morgan fingerprint density at radius 2 is 1.87 bits per heavy atom. The van der Waals surface area contributed by atoms with Crippen molar-refractivity contribution in [2.24, 2.45) is 0 Å². The van der Waals surface area contributed by atoms with Gasteiger partial charge in [0.1, 0.15) is 5.82 Å². The fraction of sp³-hybridized carbons (Fsp3) is 0.364. The second-order valence-electron chi connectivity index (χ2n) is 9.39. The van der Waals surface area contributed by atoms with Crippen LogP contribution in [0.5, 0.6) is 0 Å². The number of carboxylic acids is 1. The van der Waals surface area contributed by atoms with Crippen molar-refractivity contribution in [3.8, 4) is 12.3 Å². The maximum absolute atomic E-state index is 11.7. The number of aromatic carboxylic acids is 1. The van der Waals surface area contributed by atoms with Crippen LogP contribution >= 0.6 is 0 Å². The molecule has 0 radical (unpaired) electrons. The van der Waals surface area contributed by atoms with Gasteiger partial charge in [0.05, 0.1) is 16.6 Å². The maximum Gasteiger partial charge on any atom is 0.335 e. The fourth-order valence-electron chi connectivity index (χ4n) is 4.56. The Bertz CT molecular complexity index is 1340. The smallest absolute Gasteiger partial charge is 0.335 e. The number of nitrogens with zero attached hydrogens (tertiary/aromatic N) is 2. The van der Waals surface area contributed by atoms with Crippen molar-refractivity contribution in [1.29, 1.82) is 0 Å². The SMILES string of the molecule is C#CC.C/C=C/c1nc2cc(C(=O)O)ccc2n1C1CCCC1.C=C(CC)C(=O)Nc1ccccc1CCC. The summed E-state index contributed by atoms with van der Waals surface area (Å²) >= 11 is 0. The van der Waals surface area contributed by atoms with Gasteiger partial charge in [-0.2, -0.15) is 0 Å². The van der Waals surface area contributed by atoms with Crippen molar-refractivity contribution in [1.82, 2.24) is 9.55 Å². The van der Waals surface area contributed by atoms with Gasteiger partial charge in [-0.25, -0.2) is 9.78 Å². The molecule has 0 unspecified atom stereocenters. The van der Waals surface area contributed by atoms with Gasteiger partial charge in [-0.1, -0.05) is 64.0 Å². The highest BCUT2D eigenvalue weighted by Crippen LogP contribution is 2.34. The van der Waals surface area contributed by atoms with E-state index in [4.69, 9.17) is 5.11 Å². The molecule has 1 heterocycles. The molecular weight excluding hydrogens is 486 g/mol. The molecule has 1 fully saturated rings. The molecule has 1 saturated carbocycles. The van der Waals surface area contributed by atoms with E-state index >= 15 is 0 Å². The number of terminal acetylenes is 1. The van der Waals surface area contributed by atoms with Gasteiger partial charge in [-0.15, -0.1) is 12.3 Å². The molecule has 1 aliphatic carbocycles. The Balaban J connectivity index is 0.000000255. The normalized spacial score (nSPS) is 12.7. The highest BCUT2D eigenvalue weighted by atomic mass is 16.4. The number of rotatable bonds is 8. The van der Waals surface area contributed by atoms with Crippen LogP contribution in [0.3, 0.4) is 0 Å². The number of hydrogen-bond donors (Lipinski definition) is 2. The molecule has 2 N–H and O–H groups in total. The molecule has 1 amide bonds. The summed E-state index contributed by atoms with van der Waals surface area (Å²) in [6.45, 7) is 11.4. The molecule has 0 bridgehead atoms. The zero-order valence-corrected chi connectivity index (χ0v) is 23.7. The van der Waals surface area contributed by atoms with Crippen LogP contribution in [-0.2, 0) is 11.2 Å². The number of imidazole rings is 1. The largest absolute Gasteiger partial charge is 0.478 e. The zero-order chi connectivity index (χ0) is 28.8. The minimum absolute atomic E-state index is 0.0777. The average molecular weight is 528 g/mol. The van der Waals surface area contributed by atoms with E-state index in [2.05, 4.69) is 40.7 Å². The van der Waals surface area contributed by atoms with E-state index in [1.54, 1.807) is 19.1 Å². The van der Waals surface area contributed by atoms with Crippen LogP contribution in [-0.4, -0.2) is 26.5 Å². The van der Waals surface area contributed by atoms with Crippen LogP contribution in [0.25, 0.3) is 17.1 Å². The van der Waals surface area contributed by atoms with Gasteiger partial charge >= 0.3 is 5.97 Å². The molecule has 4 rings (SSSR count). The second kappa shape index (κ2) is 16.0. The number of carboxylic acid groups (broad SMARTS) is 1. The lowest BCUT2D eigenvalue weighted by Gasteiger charge is -2.14. The van der Waals surface area contributed by atoms with E-state index in [1.165, 1.54) is 31.2 Å². The van der Waals surface area contributed by atoms with E-state index in [9.17, 15) is 9.59 Å². The van der Waals surface area contributed by atoms with Crippen LogP contribution in [0.2, 0.25) is 0 Å². The number of fused-ring (bicyclic) bond motifs is 1. The molecule has 6 heteroatoms. The van der Waals surface area contributed by atoms with Crippen molar-refractivity contribution in [3.05, 3.63) is 77.6 Å². The zero-order valence-electron chi connectivity index (χ0n) is 23.7. The van der Waals surface area contributed by atoms with Crippen molar-refractivity contribution < 1.29 is 14.7 Å². The van der Waals surface area contributed by atoms with Gasteiger partial charge in [0.15, 0.2) is 0 Å². The van der Waals surface area contributed by atoms with Gasteiger partial charge in [0.2, 0.25) is 0 Å². The predicted molar refractivity (Wildman–Crippen MR) is 162 cm³/mol. The first-order valence-electron chi connectivity index (χ1n) is 13.6. The molecular formula is C33H41N3O3. The molecule has 206 valence electrons. The molecule has 0 aliphatic heterocycles. The lowest BCUT2D eigenvalue weighted by atomic mass is 10.1. The highest BCUT2D eigenvalue weighted by molar-refractivity contribution is 6.03. The monoisotopic (exact) mass is 527 g/mol. The molecule has 0 spiro atoms. The van der Waals surface area contributed by atoms with Crippen LogP contribution in [0, 0.1) is 12.3 Å². The predicted octanol–water partition coefficient (Wildman–Crippen LogP) is 8.07. The summed E-state index contributed by atoms with van der Waals surface area (Å²) < 4.78 is 2.27. The van der Waals surface area contributed by atoms with Crippen LogP contribution in [0.1, 0.15) is 94.0 Å². The number of para-hydroxylation sites is 1. The Morgan fingerprint density at radius 3 is 2.46 bits per heavy atom. The number of aryl methyl sites for hydroxylation is 1. The molecule has 1 aromatic heterocycles. The van der Waals surface area contributed by atoms with Crippen molar-refractivity contribution in [2.75, 3.05) is 5.32 Å². The molecule has 39 heavy (non-hydrogen) atoms. The standard InChI is InChI=1S/C16H18N2O2.C14H19NO.C3H4/c1-2-5-15-17-13-10-11(16(19)20)8-9-14(13)18(15)12-6-3-4-7-12;1-4-8-12-9-6-7-10-13(12)15-14(16)11(3)5-2;1-3-2/h2,5,8-10,12H,3-4,6-7H2,1H3,(H,19,20);6-7,9-10H,3-5,8H2,1-2H3,(H,15,16);1H,2H3/b5-2+;;. The summed E-state index contributed by atoms with van der Waals surface area (Å²) in [5.41, 5.74) is 4.80. The Morgan fingerprint density at radius 1 is 1.21 bits per heavy atom. The molecule has 0 atom stereocenters. The number of carbonyl (C=O) groups is 2. The summed E-state index contributed by atoms with van der Waals surface area (Å²) in [5, 5.41) is 12.0. The van der Waals surface area contributed by atoms with Gasteiger partial charge in [0.25, 0.3) is 5.91 Å². The molecule has 2 aromatic carbocycles. The fourth-order valence-corrected chi connectivity index (χ4v) is 4.56. The summed E-state index contributed by atoms with van der Waals surface area (Å²) in [6, 6.07) is 13.6. The third kappa shape index (κ3) is 8.71. The number of aromatic nitrogens is 2. The first kappa shape index (κ1) is 31.1. The quantitative estimate of drug-likeness (QED) is 0.229. The number of anilines is 1. The van der Waals surface area contributed by atoms with E-state index < -0.39 is 5.97 Å². The van der Waals surface area contributed by atoms with Crippen LogP contribution < -0.4 is 5.32 Å². The topological polar surface area (TPSA) is 84.2 Å². The van der Waals surface area contributed by atoms with E-state index in [0.29, 0.717) is 23.6 Å². The van der Waals surface area contributed by atoms with Crippen molar-refractivity contribution in [3.63, 3.8) is 0 Å². The minimum Gasteiger partial charge on any atom is -0.478 e. The van der Waals surface area contributed by atoms with E-state index in [-0.39, 0.29) is 5.91 Å². The third-order valence-corrected chi connectivity index (χ3v) is 6.50. The van der Waals surface area contributed by atoms with Gasteiger partial charge < -0.3 is 15.0 Å². The van der Waals surface area contributed by atoms with Gasteiger partial charge in [-0.3, -0.25) is 4.79 Å². The highest BCUT2D eigenvalue weighted by Gasteiger charge is 2.22. The Kier molecular flexibility index (Phi) is 12.8. The van der Waals surface area contributed by atoms with Crippen LogP contribution in [0.15, 0.2) is 60.7 Å². The molecule has 0 saturated heterocycles. The third-order valence-electron chi connectivity index (χ3n) is 6.50. The number of nitrogens with one attached hydrogen (secondary N) is 1. The lowest BCUT2D eigenvalue weighted by molar-refractivity contribution is -0.112.